The molecule has 0 bridgehead atoms. The number of carbonyl (C=O) groups excluding carboxylic acids is 1. The van der Waals surface area contributed by atoms with Crippen LogP contribution in [0.4, 0.5) is 0 Å². The van der Waals surface area contributed by atoms with E-state index in [0.29, 0.717) is 19.5 Å². The average molecular weight is 272 g/mol. The molecule has 1 amide bonds. The van der Waals surface area contributed by atoms with Crippen molar-refractivity contribution in [1.82, 2.24) is 9.88 Å². The van der Waals surface area contributed by atoms with Gasteiger partial charge in [-0.15, -0.1) is 0 Å². The summed E-state index contributed by atoms with van der Waals surface area (Å²) in [5.41, 5.74) is 2.24. The minimum Gasteiger partial charge on any atom is -0.481 e. The summed E-state index contributed by atoms with van der Waals surface area (Å²) in [6.07, 6.45) is 3.12. The highest BCUT2D eigenvalue weighted by Crippen LogP contribution is 2.21. The van der Waals surface area contributed by atoms with Crippen LogP contribution in [0.2, 0.25) is 0 Å². The molecule has 0 spiro atoms. The number of nitrogens with one attached hydrogen (secondary N) is 1. The van der Waals surface area contributed by atoms with Gasteiger partial charge in [0.15, 0.2) is 0 Å². The van der Waals surface area contributed by atoms with Crippen LogP contribution in [0, 0.1) is 5.92 Å². The maximum atomic E-state index is 11.9. The molecule has 1 aromatic carbocycles. The second-order valence-electron chi connectivity index (χ2n) is 5.11. The summed E-state index contributed by atoms with van der Waals surface area (Å²) >= 11 is 0. The number of rotatable bonds is 4. The van der Waals surface area contributed by atoms with E-state index in [9.17, 15) is 9.59 Å². The van der Waals surface area contributed by atoms with Crippen LogP contribution in [0.3, 0.4) is 0 Å². The van der Waals surface area contributed by atoms with Gasteiger partial charge in [0.25, 0.3) is 0 Å². The number of aliphatic carboxylic acids is 1. The fraction of sp³-hybridized carbons (Fsp3) is 0.333. The quantitative estimate of drug-likeness (QED) is 0.831. The normalized spacial score (nSPS) is 18.9. The van der Waals surface area contributed by atoms with Crippen LogP contribution in [0.25, 0.3) is 10.9 Å². The summed E-state index contributed by atoms with van der Waals surface area (Å²) in [7, 11) is 0. The van der Waals surface area contributed by atoms with E-state index in [-0.39, 0.29) is 5.91 Å². The summed E-state index contributed by atoms with van der Waals surface area (Å²) < 4.78 is 0. The van der Waals surface area contributed by atoms with E-state index in [2.05, 4.69) is 4.98 Å². The molecule has 20 heavy (non-hydrogen) atoms. The van der Waals surface area contributed by atoms with E-state index in [4.69, 9.17) is 5.11 Å². The zero-order valence-electron chi connectivity index (χ0n) is 11.0. The van der Waals surface area contributed by atoms with Gasteiger partial charge in [0.1, 0.15) is 5.92 Å². The first-order valence-electron chi connectivity index (χ1n) is 6.73. The molecular weight excluding hydrogens is 256 g/mol. The summed E-state index contributed by atoms with van der Waals surface area (Å²) in [6.45, 7) is 1.11. The Hall–Kier alpha value is -2.30. The first kappa shape index (κ1) is 12.7. The molecule has 0 radical (unpaired) electrons. The standard InChI is InChI=1S/C15H16N2O3/c18-14-12(15(19)20)6-8-17(14)7-5-10-9-16-13-4-2-1-3-11(10)13/h1-4,9,12,16H,5-8H2,(H,19,20). The third-order valence-electron chi connectivity index (χ3n) is 3.92. The molecule has 5 heteroatoms. The summed E-state index contributed by atoms with van der Waals surface area (Å²) in [5.74, 6) is -2.11. The lowest BCUT2D eigenvalue weighted by Crippen LogP contribution is -2.31. The monoisotopic (exact) mass is 272 g/mol. The molecular formula is C15H16N2O3. The molecule has 1 aromatic heterocycles. The molecule has 1 fully saturated rings. The lowest BCUT2D eigenvalue weighted by atomic mass is 10.1. The number of fused-ring (bicyclic) bond motifs is 1. The van der Waals surface area contributed by atoms with E-state index in [1.807, 2.05) is 30.5 Å². The van der Waals surface area contributed by atoms with Crippen LogP contribution in [-0.2, 0) is 16.0 Å². The van der Waals surface area contributed by atoms with Gasteiger partial charge in [-0.2, -0.15) is 0 Å². The molecule has 2 aromatic rings. The topological polar surface area (TPSA) is 73.4 Å². The zero-order valence-corrected chi connectivity index (χ0v) is 11.0. The molecule has 1 saturated heterocycles. The van der Waals surface area contributed by atoms with Gasteiger partial charge in [0.05, 0.1) is 0 Å². The molecule has 1 atom stereocenters. The van der Waals surface area contributed by atoms with Crippen LogP contribution in [0.1, 0.15) is 12.0 Å². The molecule has 1 unspecified atom stereocenters. The van der Waals surface area contributed by atoms with Crippen molar-refractivity contribution in [3.05, 3.63) is 36.0 Å². The molecule has 2 N–H and O–H groups in total. The van der Waals surface area contributed by atoms with Crippen molar-refractivity contribution in [3.63, 3.8) is 0 Å². The number of para-hydroxylation sites is 1. The van der Waals surface area contributed by atoms with Gasteiger partial charge in [0.2, 0.25) is 5.91 Å². The van der Waals surface area contributed by atoms with Gasteiger partial charge in [0, 0.05) is 30.2 Å². The van der Waals surface area contributed by atoms with E-state index >= 15 is 0 Å². The Balaban J connectivity index is 1.68. The van der Waals surface area contributed by atoms with Crippen molar-refractivity contribution in [2.75, 3.05) is 13.1 Å². The van der Waals surface area contributed by atoms with Crippen LogP contribution in [-0.4, -0.2) is 40.0 Å². The smallest absolute Gasteiger partial charge is 0.316 e. The predicted octanol–water partition coefficient (Wildman–Crippen LogP) is 1.64. The van der Waals surface area contributed by atoms with Crippen LogP contribution >= 0.6 is 0 Å². The van der Waals surface area contributed by atoms with E-state index in [1.165, 1.54) is 0 Å². The fourth-order valence-corrected chi connectivity index (χ4v) is 2.78. The van der Waals surface area contributed by atoms with Gasteiger partial charge in [-0.1, -0.05) is 18.2 Å². The van der Waals surface area contributed by atoms with Gasteiger partial charge in [-0.05, 0) is 24.5 Å². The van der Waals surface area contributed by atoms with Crippen molar-refractivity contribution in [3.8, 4) is 0 Å². The number of aromatic nitrogens is 1. The Bertz CT molecular complexity index is 662. The number of carboxylic acids is 1. The van der Waals surface area contributed by atoms with Crippen molar-refractivity contribution < 1.29 is 14.7 Å². The Labute approximate surface area is 116 Å². The maximum absolute atomic E-state index is 11.9. The lowest BCUT2D eigenvalue weighted by molar-refractivity contribution is -0.147. The molecule has 3 rings (SSSR count). The molecule has 1 aliphatic heterocycles. The van der Waals surface area contributed by atoms with Crippen LogP contribution in [0.15, 0.2) is 30.5 Å². The number of benzene rings is 1. The van der Waals surface area contributed by atoms with E-state index in [1.54, 1.807) is 4.90 Å². The number of nitrogens with zero attached hydrogens (tertiary/aromatic N) is 1. The van der Waals surface area contributed by atoms with Gasteiger partial charge in [-0.25, -0.2) is 0 Å². The number of hydrogen-bond acceptors (Lipinski definition) is 2. The Morgan fingerprint density at radius 3 is 2.95 bits per heavy atom. The minimum absolute atomic E-state index is 0.252. The Morgan fingerprint density at radius 2 is 2.20 bits per heavy atom. The summed E-state index contributed by atoms with van der Waals surface area (Å²) in [5, 5.41) is 10.1. The van der Waals surface area contributed by atoms with Gasteiger partial charge >= 0.3 is 5.97 Å². The van der Waals surface area contributed by atoms with Gasteiger partial charge in [-0.3, -0.25) is 9.59 Å². The second-order valence-corrected chi connectivity index (χ2v) is 5.11. The fourth-order valence-electron chi connectivity index (χ4n) is 2.78. The first-order chi connectivity index (χ1) is 9.66. The van der Waals surface area contributed by atoms with E-state index in [0.717, 1.165) is 22.9 Å². The summed E-state index contributed by atoms with van der Waals surface area (Å²) in [4.78, 5) is 27.7. The second kappa shape index (κ2) is 5.00. The molecule has 2 heterocycles. The van der Waals surface area contributed by atoms with Crippen molar-refractivity contribution >= 4 is 22.8 Å². The molecule has 104 valence electrons. The molecule has 0 saturated carbocycles. The van der Waals surface area contributed by atoms with Crippen LogP contribution in [0.5, 0.6) is 0 Å². The number of H-pyrrole nitrogens is 1. The highest BCUT2D eigenvalue weighted by molar-refractivity contribution is 5.98. The number of hydrogen-bond donors (Lipinski definition) is 2. The Morgan fingerprint density at radius 1 is 1.40 bits per heavy atom. The SMILES string of the molecule is O=C(O)C1CCN(CCc2c[nH]c3ccccc23)C1=O. The number of aromatic amines is 1. The average Bonchev–Trinajstić information content (AvgIpc) is 3.00. The predicted molar refractivity (Wildman–Crippen MR) is 74.3 cm³/mol. The first-order valence-corrected chi connectivity index (χ1v) is 6.73. The van der Waals surface area contributed by atoms with Crippen LogP contribution < -0.4 is 0 Å². The third-order valence-corrected chi connectivity index (χ3v) is 3.92. The molecule has 5 nitrogen and oxygen atoms in total. The van der Waals surface area contributed by atoms with Gasteiger partial charge < -0.3 is 15.0 Å². The lowest BCUT2D eigenvalue weighted by Gasteiger charge is -2.15. The minimum atomic E-state index is -1.01. The number of likely N-dealkylation sites (tertiary alicyclic amines) is 1. The van der Waals surface area contributed by atoms with Crippen molar-refractivity contribution in [2.24, 2.45) is 5.92 Å². The highest BCUT2D eigenvalue weighted by atomic mass is 16.4. The largest absolute Gasteiger partial charge is 0.481 e. The highest BCUT2D eigenvalue weighted by Gasteiger charge is 2.36. The number of amides is 1. The zero-order chi connectivity index (χ0) is 14.1. The number of carboxylic acid groups (broad SMARTS) is 1. The maximum Gasteiger partial charge on any atom is 0.316 e. The van der Waals surface area contributed by atoms with Crippen molar-refractivity contribution in [2.45, 2.75) is 12.8 Å². The Kier molecular flexibility index (Phi) is 3.18. The third kappa shape index (κ3) is 2.15. The summed E-state index contributed by atoms with van der Waals surface area (Å²) in [6, 6.07) is 8.03. The van der Waals surface area contributed by atoms with Crippen molar-refractivity contribution in [1.29, 1.82) is 0 Å². The van der Waals surface area contributed by atoms with E-state index < -0.39 is 11.9 Å². The number of carbonyl (C=O) groups is 2. The molecule has 0 aliphatic carbocycles. The molecule has 1 aliphatic rings.